The Morgan fingerprint density at radius 2 is 1.84 bits per heavy atom. The Balaban J connectivity index is 1.95. The van der Waals surface area contributed by atoms with E-state index in [0.717, 1.165) is 16.8 Å². The van der Waals surface area contributed by atoms with Gasteiger partial charge in [0.25, 0.3) is 0 Å². The molecule has 6 heteroatoms. The molecule has 19 heavy (non-hydrogen) atoms. The van der Waals surface area contributed by atoms with Crippen LogP contribution in [-0.4, -0.2) is 9.91 Å². The number of anilines is 1. The molecule has 2 rings (SSSR count). The molecule has 1 aromatic carbocycles. The maximum absolute atomic E-state index is 10.5. The molecule has 0 unspecified atom stereocenters. The zero-order valence-electron chi connectivity index (χ0n) is 10.2. The van der Waals surface area contributed by atoms with Gasteiger partial charge in [-0.15, -0.1) is 0 Å². The van der Waals surface area contributed by atoms with Gasteiger partial charge in [-0.2, -0.15) is 0 Å². The summed E-state index contributed by atoms with van der Waals surface area (Å²) in [7, 11) is 0. The number of pyridine rings is 1. The van der Waals surface area contributed by atoms with Crippen molar-refractivity contribution >= 4 is 11.5 Å². The third kappa shape index (κ3) is 3.49. The van der Waals surface area contributed by atoms with Crippen molar-refractivity contribution in [2.24, 2.45) is 5.73 Å². The van der Waals surface area contributed by atoms with Gasteiger partial charge in [0.15, 0.2) is 6.20 Å². The first-order valence-electron chi connectivity index (χ1n) is 5.81. The number of nitro groups is 1. The molecule has 1 aromatic heterocycles. The zero-order chi connectivity index (χ0) is 13.7. The van der Waals surface area contributed by atoms with Crippen LogP contribution in [0.5, 0.6) is 0 Å². The number of hydrogen-bond acceptors (Lipinski definition) is 5. The number of benzene rings is 1. The topological polar surface area (TPSA) is 94.1 Å². The molecule has 0 bridgehead atoms. The van der Waals surface area contributed by atoms with Crippen LogP contribution in [0.25, 0.3) is 0 Å². The van der Waals surface area contributed by atoms with Gasteiger partial charge in [0.2, 0.25) is 0 Å². The van der Waals surface area contributed by atoms with E-state index in [-0.39, 0.29) is 5.82 Å². The summed E-state index contributed by atoms with van der Waals surface area (Å²) in [6, 6.07) is 11.0. The highest BCUT2D eigenvalue weighted by molar-refractivity contribution is 5.44. The molecule has 0 aliphatic heterocycles. The average molecular weight is 258 g/mol. The second kappa shape index (κ2) is 5.92. The molecule has 0 spiro atoms. The van der Waals surface area contributed by atoms with E-state index in [0.29, 0.717) is 13.1 Å². The molecule has 0 amide bonds. The number of nitrogens with zero attached hydrogens (tertiary/aromatic N) is 2. The molecule has 3 N–H and O–H groups in total. The number of hydrogen-bond donors (Lipinski definition) is 2. The Morgan fingerprint density at radius 3 is 2.37 bits per heavy atom. The standard InChI is InChI=1S/C13H14N4O2/c14-7-10-1-3-11(4-2-10)8-15-12-5-6-13(16-9-12)17(18)19/h1-6,9,15H,7-8,14H2. The number of nitrogens with one attached hydrogen (secondary N) is 1. The van der Waals surface area contributed by atoms with Crippen molar-refractivity contribution in [1.29, 1.82) is 0 Å². The molecule has 0 radical (unpaired) electrons. The average Bonchev–Trinajstić information content (AvgIpc) is 2.46. The Labute approximate surface area is 110 Å². The molecular weight excluding hydrogens is 244 g/mol. The smallest absolute Gasteiger partial charge is 0.363 e. The zero-order valence-corrected chi connectivity index (χ0v) is 10.2. The third-order valence-electron chi connectivity index (χ3n) is 2.69. The van der Waals surface area contributed by atoms with Gasteiger partial charge in [-0.3, -0.25) is 0 Å². The largest absolute Gasteiger partial charge is 0.378 e. The Kier molecular flexibility index (Phi) is 4.04. The normalized spacial score (nSPS) is 10.2. The summed E-state index contributed by atoms with van der Waals surface area (Å²) in [5.74, 6) is -0.155. The summed E-state index contributed by atoms with van der Waals surface area (Å²) in [6.45, 7) is 1.16. The van der Waals surface area contributed by atoms with Gasteiger partial charge < -0.3 is 21.2 Å². The Hall–Kier alpha value is -2.47. The van der Waals surface area contributed by atoms with Crippen molar-refractivity contribution < 1.29 is 4.92 Å². The van der Waals surface area contributed by atoms with E-state index in [1.807, 2.05) is 24.3 Å². The van der Waals surface area contributed by atoms with Gasteiger partial charge in [0.05, 0.1) is 5.69 Å². The van der Waals surface area contributed by atoms with Crippen LogP contribution in [0.1, 0.15) is 11.1 Å². The second-order valence-corrected chi connectivity index (χ2v) is 4.04. The fraction of sp³-hybridized carbons (Fsp3) is 0.154. The summed E-state index contributed by atoms with van der Waals surface area (Å²) in [5.41, 5.74) is 8.46. The summed E-state index contributed by atoms with van der Waals surface area (Å²) in [6.07, 6.45) is 1.45. The highest BCUT2D eigenvalue weighted by Gasteiger charge is 2.05. The first-order valence-corrected chi connectivity index (χ1v) is 5.81. The molecule has 0 saturated carbocycles. The third-order valence-corrected chi connectivity index (χ3v) is 2.69. The minimum atomic E-state index is -0.519. The molecule has 2 aromatic rings. The fourth-order valence-corrected chi connectivity index (χ4v) is 1.60. The Bertz CT molecular complexity index is 552. The van der Waals surface area contributed by atoms with Gasteiger partial charge in [-0.1, -0.05) is 24.3 Å². The summed E-state index contributed by atoms with van der Waals surface area (Å²) >= 11 is 0. The lowest BCUT2D eigenvalue weighted by molar-refractivity contribution is -0.389. The van der Waals surface area contributed by atoms with Crippen molar-refractivity contribution in [3.63, 3.8) is 0 Å². The quantitative estimate of drug-likeness (QED) is 0.632. The molecule has 0 saturated heterocycles. The van der Waals surface area contributed by atoms with E-state index in [1.54, 1.807) is 6.07 Å². The van der Waals surface area contributed by atoms with Crippen molar-refractivity contribution in [3.8, 4) is 0 Å². The van der Waals surface area contributed by atoms with Crippen LogP contribution in [-0.2, 0) is 13.1 Å². The summed E-state index contributed by atoms with van der Waals surface area (Å²) < 4.78 is 0. The number of aromatic nitrogens is 1. The van der Waals surface area contributed by atoms with E-state index >= 15 is 0 Å². The van der Waals surface area contributed by atoms with Gasteiger partial charge in [-0.05, 0) is 27.1 Å². The monoisotopic (exact) mass is 258 g/mol. The van der Waals surface area contributed by atoms with Crippen molar-refractivity contribution in [2.45, 2.75) is 13.1 Å². The second-order valence-electron chi connectivity index (χ2n) is 4.04. The molecule has 6 nitrogen and oxygen atoms in total. The van der Waals surface area contributed by atoms with E-state index in [9.17, 15) is 10.1 Å². The van der Waals surface area contributed by atoms with Crippen LogP contribution in [0.4, 0.5) is 11.5 Å². The lowest BCUT2D eigenvalue weighted by Crippen LogP contribution is -2.01. The van der Waals surface area contributed by atoms with Crippen LogP contribution >= 0.6 is 0 Å². The molecule has 98 valence electrons. The lowest BCUT2D eigenvalue weighted by atomic mass is 10.1. The maximum atomic E-state index is 10.5. The maximum Gasteiger partial charge on any atom is 0.363 e. The highest BCUT2D eigenvalue weighted by atomic mass is 16.6. The van der Waals surface area contributed by atoms with E-state index in [1.165, 1.54) is 12.3 Å². The molecule has 1 heterocycles. The van der Waals surface area contributed by atoms with Crippen LogP contribution in [0.2, 0.25) is 0 Å². The summed E-state index contributed by atoms with van der Waals surface area (Å²) in [4.78, 5) is 13.7. The highest BCUT2D eigenvalue weighted by Crippen LogP contribution is 2.13. The van der Waals surface area contributed by atoms with Crippen LogP contribution in [0.3, 0.4) is 0 Å². The van der Waals surface area contributed by atoms with E-state index in [2.05, 4.69) is 10.3 Å². The minimum absolute atomic E-state index is 0.155. The minimum Gasteiger partial charge on any atom is -0.378 e. The van der Waals surface area contributed by atoms with Gasteiger partial charge in [0, 0.05) is 19.2 Å². The SMILES string of the molecule is NCc1ccc(CNc2ccc([N+](=O)[O-])nc2)cc1. The van der Waals surface area contributed by atoms with Gasteiger partial charge >= 0.3 is 5.82 Å². The predicted molar refractivity (Wildman–Crippen MR) is 72.6 cm³/mol. The first-order chi connectivity index (χ1) is 9.19. The number of nitrogens with two attached hydrogens (primary N) is 1. The van der Waals surface area contributed by atoms with Crippen molar-refractivity contribution in [3.05, 3.63) is 63.8 Å². The van der Waals surface area contributed by atoms with Gasteiger partial charge in [0.1, 0.15) is 0 Å². The van der Waals surface area contributed by atoms with E-state index < -0.39 is 4.92 Å². The number of rotatable bonds is 5. The fourth-order valence-electron chi connectivity index (χ4n) is 1.60. The Morgan fingerprint density at radius 1 is 1.16 bits per heavy atom. The molecular formula is C13H14N4O2. The predicted octanol–water partition coefficient (Wildman–Crippen LogP) is 2.06. The molecule has 0 aliphatic carbocycles. The van der Waals surface area contributed by atoms with Crippen molar-refractivity contribution in [1.82, 2.24) is 4.98 Å². The van der Waals surface area contributed by atoms with Crippen molar-refractivity contribution in [2.75, 3.05) is 5.32 Å². The van der Waals surface area contributed by atoms with Crippen LogP contribution in [0, 0.1) is 10.1 Å². The first kappa shape index (κ1) is 13.0. The molecule has 0 fully saturated rings. The molecule has 0 aliphatic rings. The summed E-state index contributed by atoms with van der Waals surface area (Å²) in [5, 5.41) is 13.6. The lowest BCUT2D eigenvalue weighted by Gasteiger charge is -2.05. The van der Waals surface area contributed by atoms with Crippen LogP contribution in [0.15, 0.2) is 42.6 Å². The van der Waals surface area contributed by atoms with Crippen LogP contribution < -0.4 is 11.1 Å². The van der Waals surface area contributed by atoms with Gasteiger partial charge in [-0.25, -0.2) is 0 Å². The molecule has 0 atom stereocenters. The van der Waals surface area contributed by atoms with E-state index in [4.69, 9.17) is 5.73 Å².